The monoisotopic (exact) mass is 392 g/mol. The predicted octanol–water partition coefficient (Wildman–Crippen LogP) is 2.11. The van der Waals surface area contributed by atoms with Crippen molar-refractivity contribution in [2.45, 2.75) is 19.8 Å². The van der Waals surface area contributed by atoms with E-state index in [1.807, 2.05) is 23.1 Å². The molecule has 0 aliphatic carbocycles. The van der Waals surface area contributed by atoms with Crippen molar-refractivity contribution >= 4 is 29.1 Å². The normalized spacial score (nSPS) is 14.2. The molecule has 4 rings (SSSR count). The van der Waals surface area contributed by atoms with Crippen molar-refractivity contribution in [1.82, 2.24) is 19.5 Å². The summed E-state index contributed by atoms with van der Waals surface area (Å²) in [4.78, 5) is 28.9. The van der Waals surface area contributed by atoms with Gasteiger partial charge in [0.15, 0.2) is 5.65 Å². The molecule has 0 unspecified atom stereocenters. The van der Waals surface area contributed by atoms with Gasteiger partial charge in [-0.1, -0.05) is 18.2 Å². The van der Waals surface area contributed by atoms with Gasteiger partial charge < -0.3 is 9.80 Å². The minimum atomic E-state index is -0.241. The van der Waals surface area contributed by atoms with Crippen LogP contribution in [0, 0.1) is 6.92 Å². The van der Waals surface area contributed by atoms with Gasteiger partial charge in [0.25, 0.3) is 0 Å². The SMILES string of the molecule is Cc1cccc(N2CCN(C(=O)CCC(=O)Nc3nnc4ccccn34)CC2)c1. The highest BCUT2D eigenvalue weighted by Crippen LogP contribution is 2.18. The second-order valence-corrected chi connectivity index (χ2v) is 7.21. The second kappa shape index (κ2) is 8.30. The number of rotatable bonds is 5. The number of anilines is 2. The molecule has 150 valence electrons. The number of amides is 2. The van der Waals surface area contributed by atoms with E-state index in [1.165, 1.54) is 11.3 Å². The first-order valence-corrected chi connectivity index (χ1v) is 9.79. The molecule has 2 aromatic heterocycles. The van der Waals surface area contributed by atoms with Gasteiger partial charge in [-0.15, -0.1) is 10.2 Å². The molecule has 8 nitrogen and oxygen atoms in total. The van der Waals surface area contributed by atoms with Gasteiger partial charge in [-0.3, -0.25) is 19.3 Å². The lowest BCUT2D eigenvalue weighted by molar-refractivity contribution is -0.133. The van der Waals surface area contributed by atoms with Gasteiger partial charge in [-0.2, -0.15) is 0 Å². The fraction of sp³-hybridized carbons (Fsp3) is 0.333. The molecule has 0 spiro atoms. The van der Waals surface area contributed by atoms with Crippen LogP contribution in [0.2, 0.25) is 0 Å². The Balaban J connectivity index is 1.25. The Hall–Kier alpha value is -3.42. The second-order valence-electron chi connectivity index (χ2n) is 7.21. The van der Waals surface area contributed by atoms with Crippen LogP contribution in [-0.2, 0) is 9.59 Å². The maximum Gasteiger partial charge on any atom is 0.235 e. The molecule has 29 heavy (non-hydrogen) atoms. The van der Waals surface area contributed by atoms with E-state index in [0.717, 1.165) is 13.1 Å². The van der Waals surface area contributed by atoms with Crippen molar-refractivity contribution in [1.29, 1.82) is 0 Å². The molecule has 1 aliphatic heterocycles. The van der Waals surface area contributed by atoms with E-state index in [9.17, 15) is 9.59 Å². The molecule has 1 aromatic carbocycles. The molecule has 0 bridgehead atoms. The smallest absolute Gasteiger partial charge is 0.235 e. The number of aromatic nitrogens is 3. The molecule has 3 aromatic rings. The number of carbonyl (C=O) groups excluding carboxylic acids is 2. The van der Waals surface area contributed by atoms with Crippen LogP contribution in [0.3, 0.4) is 0 Å². The van der Waals surface area contributed by atoms with E-state index < -0.39 is 0 Å². The molecule has 1 fully saturated rings. The lowest BCUT2D eigenvalue weighted by atomic mass is 10.2. The molecule has 1 saturated heterocycles. The Morgan fingerprint density at radius 3 is 2.62 bits per heavy atom. The molecule has 3 heterocycles. The van der Waals surface area contributed by atoms with Crippen LogP contribution in [-0.4, -0.2) is 57.5 Å². The van der Waals surface area contributed by atoms with Gasteiger partial charge in [-0.25, -0.2) is 0 Å². The molecule has 0 radical (unpaired) electrons. The molecule has 1 N–H and O–H groups in total. The summed E-state index contributed by atoms with van der Waals surface area (Å²) >= 11 is 0. The van der Waals surface area contributed by atoms with E-state index in [-0.39, 0.29) is 24.7 Å². The topological polar surface area (TPSA) is 82.8 Å². The van der Waals surface area contributed by atoms with Gasteiger partial charge in [0.1, 0.15) is 0 Å². The molecule has 0 saturated carbocycles. The highest BCUT2D eigenvalue weighted by atomic mass is 16.2. The van der Waals surface area contributed by atoms with Gasteiger partial charge in [0.2, 0.25) is 17.8 Å². The van der Waals surface area contributed by atoms with Crippen LogP contribution in [0.1, 0.15) is 18.4 Å². The number of pyridine rings is 1. The summed E-state index contributed by atoms with van der Waals surface area (Å²) in [5.41, 5.74) is 3.08. The summed E-state index contributed by atoms with van der Waals surface area (Å²) in [6.45, 7) is 5.02. The summed E-state index contributed by atoms with van der Waals surface area (Å²) in [6.07, 6.45) is 2.09. The van der Waals surface area contributed by atoms with Crippen LogP contribution in [0.15, 0.2) is 48.7 Å². The molecular weight excluding hydrogens is 368 g/mol. The molecule has 0 atom stereocenters. The Labute approximate surface area is 169 Å². The van der Waals surface area contributed by atoms with E-state index in [0.29, 0.717) is 24.7 Å². The van der Waals surface area contributed by atoms with Crippen molar-refractivity contribution < 1.29 is 9.59 Å². The summed E-state index contributed by atoms with van der Waals surface area (Å²) in [5, 5.41) is 10.7. The minimum Gasteiger partial charge on any atom is -0.368 e. The highest BCUT2D eigenvalue weighted by Gasteiger charge is 2.22. The Kier molecular flexibility index (Phi) is 5.41. The van der Waals surface area contributed by atoms with Crippen LogP contribution in [0.4, 0.5) is 11.6 Å². The van der Waals surface area contributed by atoms with Crippen LogP contribution in [0.5, 0.6) is 0 Å². The average Bonchev–Trinajstić information content (AvgIpc) is 3.15. The van der Waals surface area contributed by atoms with Crippen molar-refractivity contribution in [3.63, 3.8) is 0 Å². The van der Waals surface area contributed by atoms with Crippen LogP contribution < -0.4 is 10.2 Å². The van der Waals surface area contributed by atoms with Crippen molar-refractivity contribution in [3.05, 3.63) is 54.2 Å². The fourth-order valence-electron chi connectivity index (χ4n) is 3.53. The maximum atomic E-state index is 12.5. The summed E-state index contributed by atoms with van der Waals surface area (Å²) in [7, 11) is 0. The lowest BCUT2D eigenvalue weighted by Gasteiger charge is -2.36. The number of nitrogens with zero attached hydrogens (tertiary/aromatic N) is 5. The number of benzene rings is 1. The summed E-state index contributed by atoms with van der Waals surface area (Å²) < 4.78 is 1.70. The van der Waals surface area contributed by atoms with Crippen LogP contribution >= 0.6 is 0 Å². The first kappa shape index (κ1) is 18.9. The van der Waals surface area contributed by atoms with E-state index in [2.05, 4.69) is 51.6 Å². The van der Waals surface area contributed by atoms with Gasteiger partial charge in [-0.05, 0) is 36.8 Å². The first-order valence-electron chi connectivity index (χ1n) is 9.79. The fourth-order valence-corrected chi connectivity index (χ4v) is 3.53. The number of fused-ring (bicyclic) bond motifs is 1. The van der Waals surface area contributed by atoms with E-state index >= 15 is 0 Å². The number of nitrogens with one attached hydrogen (secondary N) is 1. The molecule has 2 amide bonds. The number of carbonyl (C=O) groups is 2. The standard InChI is InChI=1S/C21H24N6O2/c1-16-5-4-6-17(15-16)25-11-13-26(14-12-25)20(29)9-8-19(28)22-21-24-23-18-7-2-3-10-27(18)21/h2-7,10,15H,8-9,11-14H2,1H3,(H,22,24,28). The Morgan fingerprint density at radius 2 is 1.83 bits per heavy atom. The zero-order chi connectivity index (χ0) is 20.2. The van der Waals surface area contributed by atoms with Gasteiger partial charge >= 0.3 is 0 Å². The Morgan fingerprint density at radius 1 is 1.00 bits per heavy atom. The third-order valence-electron chi connectivity index (χ3n) is 5.13. The zero-order valence-electron chi connectivity index (χ0n) is 16.4. The first-order chi connectivity index (χ1) is 14.1. The summed E-state index contributed by atoms with van der Waals surface area (Å²) in [5.74, 6) is 0.134. The third-order valence-corrected chi connectivity index (χ3v) is 5.13. The molecular formula is C21H24N6O2. The maximum absolute atomic E-state index is 12.5. The third kappa shape index (κ3) is 4.37. The predicted molar refractivity (Wildman–Crippen MR) is 111 cm³/mol. The number of hydrogen-bond acceptors (Lipinski definition) is 5. The molecule has 8 heteroatoms. The van der Waals surface area contributed by atoms with Crippen molar-refractivity contribution in [2.75, 3.05) is 36.4 Å². The number of aryl methyl sites for hydroxylation is 1. The van der Waals surface area contributed by atoms with Crippen LogP contribution in [0.25, 0.3) is 5.65 Å². The van der Waals surface area contributed by atoms with E-state index in [1.54, 1.807) is 10.6 Å². The number of piperazine rings is 1. The van der Waals surface area contributed by atoms with Crippen molar-refractivity contribution in [2.24, 2.45) is 0 Å². The lowest BCUT2D eigenvalue weighted by Crippen LogP contribution is -2.48. The summed E-state index contributed by atoms with van der Waals surface area (Å²) in [6, 6.07) is 13.9. The highest BCUT2D eigenvalue weighted by molar-refractivity contribution is 5.92. The molecule has 1 aliphatic rings. The Bertz CT molecular complexity index is 1020. The van der Waals surface area contributed by atoms with Crippen molar-refractivity contribution in [3.8, 4) is 0 Å². The van der Waals surface area contributed by atoms with Gasteiger partial charge in [0.05, 0.1) is 0 Å². The largest absolute Gasteiger partial charge is 0.368 e. The van der Waals surface area contributed by atoms with E-state index in [4.69, 9.17) is 0 Å². The number of hydrogen-bond donors (Lipinski definition) is 1. The quantitative estimate of drug-likeness (QED) is 0.719. The average molecular weight is 392 g/mol. The van der Waals surface area contributed by atoms with Gasteiger partial charge in [0, 0.05) is 50.9 Å². The minimum absolute atomic E-state index is 0.00939. The zero-order valence-corrected chi connectivity index (χ0v) is 16.4.